The van der Waals surface area contributed by atoms with Gasteiger partial charge in [0.25, 0.3) is 5.91 Å². The second kappa shape index (κ2) is 8.19. The molecule has 168 valence electrons. The monoisotopic (exact) mass is 463 g/mol. The summed E-state index contributed by atoms with van der Waals surface area (Å²) in [4.78, 5) is 41.9. The summed E-state index contributed by atoms with van der Waals surface area (Å²) in [6, 6.07) is 19.0. The summed E-state index contributed by atoms with van der Waals surface area (Å²) < 4.78 is 14.3. The van der Waals surface area contributed by atoms with E-state index in [-0.39, 0.29) is 11.7 Å². The highest BCUT2D eigenvalue weighted by molar-refractivity contribution is 7.99. The van der Waals surface area contributed by atoms with Gasteiger partial charge in [0.1, 0.15) is 23.3 Å². The van der Waals surface area contributed by atoms with Crippen LogP contribution < -0.4 is 5.32 Å². The number of nitrogens with zero attached hydrogens (tertiary/aromatic N) is 2. The SMILES string of the molecule is C[C@@]1(c2cccc3ccccc23)NC(=O)N(CC(=O)N2CCS[C@H]2c2ccccc2F)C1=O. The van der Waals surface area contributed by atoms with Gasteiger partial charge in [0.05, 0.1) is 0 Å². The molecule has 0 unspecified atom stereocenters. The van der Waals surface area contributed by atoms with E-state index in [1.807, 2.05) is 42.5 Å². The van der Waals surface area contributed by atoms with Crippen LogP contribution in [0.2, 0.25) is 0 Å². The summed E-state index contributed by atoms with van der Waals surface area (Å²) >= 11 is 1.46. The molecule has 0 radical (unpaired) electrons. The molecule has 0 saturated carbocycles. The number of nitrogens with one attached hydrogen (secondary N) is 1. The number of amides is 4. The third-order valence-electron chi connectivity index (χ3n) is 6.28. The van der Waals surface area contributed by atoms with E-state index >= 15 is 0 Å². The molecule has 5 rings (SSSR count). The van der Waals surface area contributed by atoms with Crippen molar-refractivity contribution >= 4 is 40.4 Å². The van der Waals surface area contributed by atoms with Crippen LogP contribution in [-0.2, 0) is 15.1 Å². The molecule has 2 saturated heterocycles. The highest BCUT2D eigenvalue weighted by atomic mass is 32.2. The Kier molecular flexibility index (Phi) is 5.32. The lowest BCUT2D eigenvalue weighted by atomic mass is 9.88. The number of hydrogen-bond acceptors (Lipinski definition) is 4. The number of fused-ring (bicyclic) bond motifs is 1. The van der Waals surface area contributed by atoms with Gasteiger partial charge in [-0.1, -0.05) is 60.7 Å². The Balaban J connectivity index is 1.41. The van der Waals surface area contributed by atoms with E-state index in [1.54, 1.807) is 25.1 Å². The zero-order valence-electron chi connectivity index (χ0n) is 18.0. The Morgan fingerprint density at radius 1 is 1.09 bits per heavy atom. The van der Waals surface area contributed by atoms with Crippen molar-refractivity contribution < 1.29 is 18.8 Å². The summed E-state index contributed by atoms with van der Waals surface area (Å²) in [5, 5.41) is 4.12. The minimum absolute atomic E-state index is 0.381. The molecule has 6 nitrogen and oxygen atoms in total. The van der Waals surface area contributed by atoms with Gasteiger partial charge in [0.15, 0.2) is 0 Å². The predicted molar refractivity (Wildman–Crippen MR) is 125 cm³/mol. The van der Waals surface area contributed by atoms with Crippen molar-refractivity contribution in [1.29, 1.82) is 0 Å². The molecule has 2 aliphatic rings. The van der Waals surface area contributed by atoms with Crippen molar-refractivity contribution in [1.82, 2.24) is 15.1 Å². The standard InChI is InChI=1S/C25H22FN3O3S/c1-25(19-11-6-8-16-7-2-3-9-17(16)19)23(31)29(24(32)27-25)15-21(30)28-13-14-33-22(28)18-10-4-5-12-20(18)26/h2-12,22H,13-15H2,1H3,(H,27,32)/t22-,25-/m0/s1. The van der Waals surface area contributed by atoms with Crippen molar-refractivity contribution in [3.63, 3.8) is 0 Å². The van der Waals surface area contributed by atoms with Gasteiger partial charge in [0.2, 0.25) is 5.91 Å². The number of imide groups is 1. The van der Waals surface area contributed by atoms with E-state index in [0.29, 0.717) is 23.4 Å². The topological polar surface area (TPSA) is 69.7 Å². The zero-order valence-corrected chi connectivity index (χ0v) is 18.8. The van der Waals surface area contributed by atoms with Crippen molar-refractivity contribution in [3.05, 3.63) is 83.7 Å². The number of urea groups is 1. The molecule has 2 fully saturated rings. The van der Waals surface area contributed by atoms with E-state index in [9.17, 15) is 18.8 Å². The van der Waals surface area contributed by atoms with Crippen LogP contribution in [0.3, 0.4) is 0 Å². The summed E-state index contributed by atoms with van der Waals surface area (Å²) in [6.07, 6.45) is 0. The zero-order chi connectivity index (χ0) is 23.2. The number of thioether (sulfide) groups is 1. The molecule has 2 heterocycles. The van der Waals surface area contributed by atoms with Crippen LogP contribution in [0.25, 0.3) is 10.8 Å². The van der Waals surface area contributed by atoms with Crippen LogP contribution in [-0.4, -0.2) is 46.5 Å². The summed E-state index contributed by atoms with van der Waals surface area (Å²) in [5.74, 6) is -0.600. The van der Waals surface area contributed by atoms with Gasteiger partial charge in [0, 0.05) is 17.9 Å². The number of carbonyl (C=O) groups excluding carboxylic acids is 3. The van der Waals surface area contributed by atoms with Gasteiger partial charge in [-0.3, -0.25) is 14.5 Å². The molecule has 0 aliphatic carbocycles. The van der Waals surface area contributed by atoms with Crippen molar-refractivity contribution in [2.45, 2.75) is 17.8 Å². The number of hydrogen-bond donors (Lipinski definition) is 1. The number of rotatable bonds is 4. The molecule has 0 spiro atoms. The molecule has 1 N–H and O–H groups in total. The fraction of sp³-hybridized carbons (Fsp3) is 0.240. The molecular weight excluding hydrogens is 441 g/mol. The van der Waals surface area contributed by atoms with Crippen LogP contribution in [0, 0.1) is 5.82 Å². The van der Waals surface area contributed by atoms with Crippen LogP contribution in [0.15, 0.2) is 66.7 Å². The van der Waals surface area contributed by atoms with E-state index in [1.165, 1.54) is 22.7 Å². The third-order valence-corrected chi connectivity index (χ3v) is 7.52. The lowest BCUT2D eigenvalue weighted by Crippen LogP contribution is -2.44. The number of halogens is 1. The minimum Gasteiger partial charge on any atom is -0.324 e. The van der Waals surface area contributed by atoms with Gasteiger partial charge in [-0.2, -0.15) is 0 Å². The Morgan fingerprint density at radius 3 is 2.64 bits per heavy atom. The lowest BCUT2D eigenvalue weighted by molar-refractivity contribution is -0.139. The second-order valence-corrected chi connectivity index (χ2v) is 9.49. The van der Waals surface area contributed by atoms with E-state index in [0.717, 1.165) is 15.7 Å². The van der Waals surface area contributed by atoms with Crippen molar-refractivity contribution in [2.75, 3.05) is 18.8 Å². The molecule has 2 aliphatic heterocycles. The summed E-state index contributed by atoms with van der Waals surface area (Å²) in [6.45, 7) is 1.69. The molecule has 8 heteroatoms. The molecular formula is C25H22FN3O3S. The first-order valence-electron chi connectivity index (χ1n) is 10.7. The smallest absolute Gasteiger partial charge is 0.324 e. The fourth-order valence-corrected chi connectivity index (χ4v) is 5.87. The van der Waals surface area contributed by atoms with E-state index in [4.69, 9.17) is 0 Å². The van der Waals surface area contributed by atoms with E-state index < -0.39 is 29.4 Å². The first-order valence-corrected chi connectivity index (χ1v) is 11.7. The second-order valence-electron chi connectivity index (χ2n) is 8.30. The maximum Gasteiger partial charge on any atom is 0.325 e. The van der Waals surface area contributed by atoms with Gasteiger partial charge < -0.3 is 10.2 Å². The minimum atomic E-state index is -1.29. The highest BCUT2D eigenvalue weighted by Crippen LogP contribution is 2.39. The van der Waals surface area contributed by atoms with Gasteiger partial charge >= 0.3 is 6.03 Å². The maximum absolute atomic E-state index is 14.3. The Hall–Kier alpha value is -3.39. The molecule has 2 atom stereocenters. The third kappa shape index (κ3) is 3.54. The predicted octanol–water partition coefficient (Wildman–Crippen LogP) is 4.02. The van der Waals surface area contributed by atoms with Crippen molar-refractivity contribution in [2.24, 2.45) is 0 Å². The number of carbonyl (C=O) groups is 3. The van der Waals surface area contributed by atoms with Crippen LogP contribution in [0.1, 0.15) is 23.4 Å². The molecule has 4 amide bonds. The number of benzene rings is 3. The average molecular weight is 464 g/mol. The quantitative estimate of drug-likeness (QED) is 0.594. The molecule has 3 aromatic carbocycles. The fourth-order valence-electron chi connectivity index (χ4n) is 4.57. The maximum atomic E-state index is 14.3. The lowest BCUT2D eigenvalue weighted by Gasteiger charge is -2.27. The Bertz CT molecular complexity index is 1280. The molecule has 0 aromatic heterocycles. The summed E-state index contributed by atoms with van der Waals surface area (Å²) in [7, 11) is 0. The van der Waals surface area contributed by atoms with Gasteiger partial charge in [-0.05, 0) is 29.3 Å². The summed E-state index contributed by atoms with van der Waals surface area (Å²) in [5.41, 5.74) is -0.191. The van der Waals surface area contributed by atoms with Gasteiger partial charge in [-0.15, -0.1) is 11.8 Å². The van der Waals surface area contributed by atoms with Gasteiger partial charge in [-0.25, -0.2) is 9.18 Å². The normalized spacial score (nSPS) is 22.8. The van der Waals surface area contributed by atoms with Crippen molar-refractivity contribution in [3.8, 4) is 0 Å². The molecule has 0 bridgehead atoms. The molecule has 33 heavy (non-hydrogen) atoms. The van der Waals surface area contributed by atoms with Crippen LogP contribution >= 0.6 is 11.8 Å². The van der Waals surface area contributed by atoms with Crippen LogP contribution in [0.4, 0.5) is 9.18 Å². The Morgan fingerprint density at radius 2 is 1.82 bits per heavy atom. The highest BCUT2D eigenvalue weighted by Gasteiger charge is 2.50. The average Bonchev–Trinajstić information content (AvgIpc) is 3.38. The Labute approximate surface area is 194 Å². The molecule has 3 aromatic rings. The first-order chi connectivity index (χ1) is 15.9. The largest absolute Gasteiger partial charge is 0.325 e. The van der Waals surface area contributed by atoms with Crippen LogP contribution in [0.5, 0.6) is 0 Å². The van der Waals surface area contributed by atoms with E-state index in [2.05, 4.69) is 5.32 Å². The first kappa shape index (κ1) is 21.5.